The molecule has 0 bridgehead atoms. The summed E-state index contributed by atoms with van der Waals surface area (Å²) in [7, 11) is 1.59. The third-order valence-corrected chi connectivity index (χ3v) is 5.42. The molecule has 3 aromatic rings. The summed E-state index contributed by atoms with van der Waals surface area (Å²) in [6.45, 7) is 0.385. The number of para-hydroxylation sites is 1. The van der Waals surface area contributed by atoms with E-state index in [1.165, 1.54) is 0 Å². The molecule has 4 rings (SSSR count). The van der Waals surface area contributed by atoms with Crippen molar-refractivity contribution >= 4 is 11.6 Å². The van der Waals surface area contributed by atoms with Crippen molar-refractivity contribution in [3.8, 4) is 17.6 Å². The van der Waals surface area contributed by atoms with Gasteiger partial charge in [-0.05, 0) is 42.3 Å². The van der Waals surface area contributed by atoms with Crippen molar-refractivity contribution in [2.45, 2.75) is 25.0 Å². The van der Waals surface area contributed by atoms with Crippen molar-refractivity contribution in [2.24, 2.45) is 0 Å². The van der Waals surface area contributed by atoms with Crippen molar-refractivity contribution in [3.63, 3.8) is 0 Å². The van der Waals surface area contributed by atoms with Gasteiger partial charge in [0.25, 0.3) is 0 Å². The Kier molecular flexibility index (Phi) is 5.40. The van der Waals surface area contributed by atoms with Gasteiger partial charge in [0.15, 0.2) is 5.54 Å². The van der Waals surface area contributed by atoms with Crippen LogP contribution in [0.25, 0.3) is 0 Å². The Bertz CT molecular complexity index is 1070. The minimum Gasteiger partial charge on any atom is -0.497 e. The zero-order valence-electron chi connectivity index (χ0n) is 16.7. The molecule has 1 aliphatic rings. The topological polar surface area (TPSA) is 62.6 Å². The number of nitriles is 1. The van der Waals surface area contributed by atoms with Gasteiger partial charge in [-0.25, -0.2) is 0 Å². The molecule has 0 aromatic heterocycles. The van der Waals surface area contributed by atoms with Crippen LogP contribution in [0, 0.1) is 11.3 Å². The van der Waals surface area contributed by atoms with Gasteiger partial charge >= 0.3 is 0 Å². The van der Waals surface area contributed by atoms with Gasteiger partial charge in [-0.2, -0.15) is 5.26 Å². The number of amides is 1. The smallest absolute Gasteiger partial charge is 0.228 e. The standard InChI is InChI=1S/C25H22N2O3/c1-29-21-13-11-20(12-14-21)27-24(28)15-16-25(27,18-26)22-9-5-6-10-23(22)30-17-19-7-3-2-4-8-19/h2-14H,15-17H2,1H3/t25-/m1/s1. The quantitative estimate of drug-likeness (QED) is 0.597. The molecular formula is C25H22N2O3. The normalized spacial score (nSPS) is 18.1. The van der Waals surface area contributed by atoms with E-state index in [9.17, 15) is 10.1 Å². The molecule has 0 spiro atoms. The molecule has 1 atom stereocenters. The minimum absolute atomic E-state index is 0.0837. The molecule has 1 fully saturated rings. The van der Waals surface area contributed by atoms with Crippen LogP contribution < -0.4 is 14.4 Å². The maximum atomic E-state index is 12.9. The van der Waals surface area contributed by atoms with E-state index in [4.69, 9.17) is 9.47 Å². The molecule has 0 N–H and O–H groups in total. The molecule has 0 saturated carbocycles. The fourth-order valence-electron chi connectivity index (χ4n) is 3.91. The summed E-state index contributed by atoms with van der Waals surface area (Å²) in [5.74, 6) is 1.22. The zero-order valence-corrected chi connectivity index (χ0v) is 16.7. The molecule has 150 valence electrons. The van der Waals surface area contributed by atoms with E-state index in [0.29, 0.717) is 42.2 Å². The lowest BCUT2D eigenvalue weighted by Gasteiger charge is -2.34. The summed E-state index contributed by atoms with van der Waals surface area (Å²) >= 11 is 0. The largest absolute Gasteiger partial charge is 0.497 e. The number of rotatable bonds is 6. The summed E-state index contributed by atoms with van der Waals surface area (Å²) in [6.07, 6.45) is 0.701. The van der Waals surface area contributed by atoms with Crippen LogP contribution in [0.1, 0.15) is 24.0 Å². The zero-order chi connectivity index (χ0) is 21.0. The monoisotopic (exact) mass is 398 g/mol. The van der Waals surface area contributed by atoms with Crippen molar-refractivity contribution in [1.29, 1.82) is 5.26 Å². The molecule has 0 aliphatic carbocycles. The number of methoxy groups -OCH3 is 1. The molecule has 1 saturated heterocycles. The Morgan fingerprint density at radius 2 is 1.70 bits per heavy atom. The third-order valence-electron chi connectivity index (χ3n) is 5.42. The van der Waals surface area contributed by atoms with Gasteiger partial charge in [-0.1, -0.05) is 48.5 Å². The molecule has 1 aliphatic heterocycles. The van der Waals surface area contributed by atoms with Gasteiger partial charge < -0.3 is 9.47 Å². The maximum absolute atomic E-state index is 12.9. The highest BCUT2D eigenvalue weighted by atomic mass is 16.5. The highest BCUT2D eigenvalue weighted by Crippen LogP contribution is 2.45. The lowest BCUT2D eigenvalue weighted by atomic mass is 9.87. The number of anilines is 1. The summed E-state index contributed by atoms with van der Waals surface area (Å²) < 4.78 is 11.3. The van der Waals surface area contributed by atoms with E-state index in [2.05, 4.69) is 6.07 Å². The van der Waals surface area contributed by atoms with Crippen LogP contribution in [-0.4, -0.2) is 13.0 Å². The first-order chi connectivity index (χ1) is 14.7. The molecular weight excluding hydrogens is 376 g/mol. The Morgan fingerprint density at radius 3 is 2.40 bits per heavy atom. The van der Waals surface area contributed by atoms with Gasteiger partial charge in [0.1, 0.15) is 18.1 Å². The highest BCUT2D eigenvalue weighted by molar-refractivity contribution is 5.98. The van der Waals surface area contributed by atoms with Crippen molar-refractivity contribution in [3.05, 3.63) is 90.0 Å². The van der Waals surface area contributed by atoms with E-state index in [0.717, 1.165) is 5.56 Å². The summed E-state index contributed by atoms with van der Waals surface area (Å²) in [5.41, 5.74) is 1.27. The molecule has 1 heterocycles. The Morgan fingerprint density at radius 1 is 1.00 bits per heavy atom. The van der Waals surface area contributed by atoms with Gasteiger partial charge in [0.2, 0.25) is 5.91 Å². The van der Waals surface area contributed by atoms with Crippen LogP contribution in [0.4, 0.5) is 5.69 Å². The van der Waals surface area contributed by atoms with Crippen LogP contribution in [0.2, 0.25) is 0 Å². The number of hydrogen-bond donors (Lipinski definition) is 0. The average molecular weight is 398 g/mol. The SMILES string of the molecule is COc1ccc(N2C(=O)CC[C@@]2(C#N)c2ccccc2OCc2ccccc2)cc1. The predicted molar refractivity (Wildman–Crippen MR) is 114 cm³/mol. The molecule has 30 heavy (non-hydrogen) atoms. The lowest BCUT2D eigenvalue weighted by molar-refractivity contribution is -0.117. The first-order valence-corrected chi connectivity index (χ1v) is 9.82. The van der Waals surface area contributed by atoms with E-state index >= 15 is 0 Å². The fourth-order valence-corrected chi connectivity index (χ4v) is 3.91. The van der Waals surface area contributed by atoms with Crippen LogP contribution in [0.5, 0.6) is 11.5 Å². The van der Waals surface area contributed by atoms with Crippen molar-refractivity contribution in [2.75, 3.05) is 12.0 Å². The molecule has 5 heteroatoms. The molecule has 3 aromatic carbocycles. The number of carbonyl (C=O) groups is 1. The Labute approximate surface area is 176 Å². The van der Waals surface area contributed by atoms with E-state index in [1.54, 1.807) is 24.1 Å². The predicted octanol–water partition coefficient (Wildman–Crippen LogP) is 4.82. The van der Waals surface area contributed by atoms with Crippen LogP contribution >= 0.6 is 0 Å². The van der Waals surface area contributed by atoms with Gasteiger partial charge in [0, 0.05) is 17.7 Å². The van der Waals surface area contributed by atoms with E-state index in [1.807, 2.05) is 66.7 Å². The second kappa shape index (κ2) is 8.30. The number of carbonyl (C=O) groups excluding carboxylic acids is 1. The number of nitrogens with zero attached hydrogens (tertiary/aromatic N) is 2. The summed E-state index contributed by atoms with van der Waals surface area (Å²) in [4.78, 5) is 14.5. The summed E-state index contributed by atoms with van der Waals surface area (Å²) in [5, 5.41) is 10.3. The number of hydrogen-bond acceptors (Lipinski definition) is 4. The van der Waals surface area contributed by atoms with Crippen LogP contribution in [-0.2, 0) is 16.9 Å². The van der Waals surface area contributed by atoms with Crippen LogP contribution in [0.3, 0.4) is 0 Å². The summed E-state index contributed by atoms with van der Waals surface area (Å²) in [6, 6.07) is 27.0. The molecule has 0 radical (unpaired) electrons. The molecule has 0 unspecified atom stereocenters. The minimum atomic E-state index is -1.13. The first kappa shape index (κ1) is 19.5. The molecule has 5 nitrogen and oxygen atoms in total. The van der Waals surface area contributed by atoms with Gasteiger partial charge in [0.05, 0.1) is 13.2 Å². The van der Waals surface area contributed by atoms with Crippen molar-refractivity contribution in [1.82, 2.24) is 0 Å². The van der Waals surface area contributed by atoms with E-state index in [-0.39, 0.29) is 5.91 Å². The first-order valence-electron chi connectivity index (χ1n) is 9.82. The second-order valence-electron chi connectivity index (χ2n) is 7.17. The second-order valence-corrected chi connectivity index (χ2v) is 7.17. The highest BCUT2D eigenvalue weighted by Gasteiger charge is 2.49. The third kappa shape index (κ3) is 3.48. The van der Waals surface area contributed by atoms with E-state index < -0.39 is 5.54 Å². The van der Waals surface area contributed by atoms with Crippen molar-refractivity contribution < 1.29 is 14.3 Å². The maximum Gasteiger partial charge on any atom is 0.228 e. The Hall–Kier alpha value is -3.78. The lowest BCUT2D eigenvalue weighted by Crippen LogP contribution is -2.42. The Balaban J connectivity index is 1.73. The number of ether oxygens (including phenoxy) is 2. The molecule has 1 amide bonds. The van der Waals surface area contributed by atoms with Gasteiger partial charge in [-0.15, -0.1) is 0 Å². The average Bonchev–Trinajstić information content (AvgIpc) is 3.15. The fraction of sp³-hybridized carbons (Fsp3) is 0.200. The number of benzene rings is 3. The van der Waals surface area contributed by atoms with Gasteiger partial charge in [-0.3, -0.25) is 9.69 Å². The van der Waals surface area contributed by atoms with Crippen LogP contribution in [0.15, 0.2) is 78.9 Å².